The quantitative estimate of drug-likeness (QED) is 0.691. The van der Waals surface area contributed by atoms with Gasteiger partial charge in [-0.25, -0.2) is 4.79 Å². The predicted molar refractivity (Wildman–Crippen MR) is 121 cm³/mol. The average molecular weight is 450 g/mol. The number of hydrogen-bond donors (Lipinski definition) is 1. The first-order chi connectivity index (χ1) is 16.0. The van der Waals surface area contributed by atoms with E-state index in [1.807, 2.05) is 60.7 Å². The molecule has 3 saturated heterocycles. The number of nitrogens with zero attached hydrogens (tertiary/aromatic N) is 4. The maximum Gasteiger partial charge on any atom is 0.328 e. The Kier molecular flexibility index (Phi) is 5.74. The van der Waals surface area contributed by atoms with Crippen LogP contribution in [0.25, 0.3) is 0 Å². The Hall–Kier alpha value is -3.43. The third-order valence-electron chi connectivity index (χ3n) is 6.49. The van der Waals surface area contributed by atoms with Crippen molar-refractivity contribution >= 4 is 23.6 Å². The van der Waals surface area contributed by atoms with E-state index in [-0.39, 0.29) is 18.8 Å². The highest BCUT2D eigenvalue weighted by Crippen LogP contribution is 2.32. The number of carbonyl (C=O) groups excluding carboxylic acids is 3. The summed E-state index contributed by atoms with van der Waals surface area (Å²) in [6.07, 6.45) is 0.219. The third kappa shape index (κ3) is 3.94. The fraction of sp³-hybridized carbons (Fsp3) is 0.375. The van der Waals surface area contributed by atoms with Crippen molar-refractivity contribution in [3.8, 4) is 0 Å². The van der Waals surface area contributed by atoms with Gasteiger partial charge in [0.15, 0.2) is 0 Å². The number of hydrogen-bond acceptors (Lipinski definition) is 7. The van der Waals surface area contributed by atoms with Crippen LogP contribution < -0.4 is 10.2 Å². The van der Waals surface area contributed by atoms with Crippen molar-refractivity contribution in [2.24, 2.45) is 0 Å². The molecule has 2 aromatic carbocycles. The van der Waals surface area contributed by atoms with Crippen molar-refractivity contribution in [1.29, 1.82) is 0 Å². The van der Waals surface area contributed by atoms with Crippen molar-refractivity contribution in [2.45, 2.75) is 31.5 Å². The number of benzene rings is 2. The largest absolute Gasteiger partial charge is 0.459 e. The molecule has 33 heavy (non-hydrogen) atoms. The number of carbonyl (C=O) groups is 3. The molecule has 5 rings (SSSR count). The fourth-order valence-electron chi connectivity index (χ4n) is 4.86. The smallest absolute Gasteiger partial charge is 0.328 e. The summed E-state index contributed by atoms with van der Waals surface area (Å²) in [6.45, 7) is 1.26. The Morgan fingerprint density at radius 1 is 1.03 bits per heavy atom. The third-order valence-corrected chi connectivity index (χ3v) is 6.49. The second-order valence-electron chi connectivity index (χ2n) is 8.51. The Labute approximate surface area is 192 Å². The van der Waals surface area contributed by atoms with Crippen molar-refractivity contribution in [1.82, 2.24) is 20.0 Å². The van der Waals surface area contributed by atoms with Gasteiger partial charge in [0.2, 0.25) is 0 Å². The molecular formula is C24H27N5O4. The zero-order chi connectivity index (χ0) is 22.9. The number of amides is 3. The molecule has 172 valence electrons. The fourth-order valence-corrected chi connectivity index (χ4v) is 4.86. The number of fused-ring (bicyclic) bond motifs is 3. The molecule has 2 aromatic rings. The Morgan fingerprint density at radius 3 is 2.45 bits per heavy atom. The molecule has 3 atom stereocenters. The van der Waals surface area contributed by atoms with Gasteiger partial charge in [-0.1, -0.05) is 48.5 Å². The first-order valence-corrected chi connectivity index (χ1v) is 11.2. The number of para-hydroxylation sites is 1. The van der Waals surface area contributed by atoms with Gasteiger partial charge in [0, 0.05) is 25.8 Å². The molecule has 0 saturated carbocycles. The van der Waals surface area contributed by atoms with E-state index < -0.39 is 30.8 Å². The molecule has 3 aliphatic heterocycles. The van der Waals surface area contributed by atoms with E-state index >= 15 is 0 Å². The van der Waals surface area contributed by atoms with Crippen molar-refractivity contribution in [3.63, 3.8) is 0 Å². The van der Waals surface area contributed by atoms with Crippen LogP contribution in [-0.2, 0) is 20.9 Å². The normalized spacial score (nSPS) is 25.1. The number of urea groups is 1. The minimum Gasteiger partial charge on any atom is -0.459 e. The molecule has 0 aliphatic carbocycles. The molecule has 3 heterocycles. The summed E-state index contributed by atoms with van der Waals surface area (Å²) < 4.78 is 5.31. The van der Waals surface area contributed by atoms with Crippen molar-refractivity contribution in [2.75, 3.05) is 31.6 Å². The van der Waals surface area contributed by atoms with Gasteiger partial charge in [0.05, 0.1) is 0 Å². The van der Waals surface area contributed by atoms with Crippen LogP contribution in [0.5, 0.6) is 0 Å². The summed E-state index contributed by atoms with van der Waals surface area (Å²) in [5.41, 5.74) is 1.90. The molecule has 3 amide bonds. The maximum atomic E-state index is 13.4. The number of likely N-dealkylation sites (N-methyl/N-ethyl adjacent to an activating group) is 1. The van der Waals surface area contributed by atoms with Gasteiger partial charge < -0.3 is 14.5 Å². The minimum atomic E-state index is -0.612. The summed E-state index contributed by atoms with van der Waals surface area (Å²) in [4.78, 5) is 45.7. The average Bonchev–Trinajstić information content (AvgIpc) is 3.25. The molecule has 9 nitrogen and oxygen atoms in total. The summed E-state index contributed by atoms with van der Waals surface area (Å²) >= 11 is 0. The Balaban J connectivity index is 1.31. The van der Waals surface area contributed by atoms with Crippen LogP contribution in [0.15, 0.2) is 60.7 Å². The highest BCUT2D eigenvalue weighted by atomic mass is 16.5. The predicted octanol–water partition coefficient (Wildman–Crippen LogP) is 1.42. The number of nitrogens with one attached hydrogen (secondary N) is 1. The zero-order valence-electron chi connectivity index (χ0n) is 18.5. The van der Waals surface area contributed by atoms with E-state index in [1.54, 1.807) is 7.05 Å². The monoisotopic (exact) mass is 449 g/mol. The van der Waals surface area contributed by atoms with Gasteiger partial charge in [0.1, 0.15) is 31.6 Å². The zero-order valence-corrected chi connectivity index (χ0v) is 18.5. The van der Waals surface area contributed by atoms with Gasteiger partial charge in [-0.3, -0.25) is 24.7 Å². The lowest BCUT2D eigenvalue weighted by Crippen LogP contribution is -2.67. The van der Waals surface area contributed by atoms with Crippen LogP contribution in [0.3, 0.4) is 0 Å². The molecule has 3 fully saturated rings. The second kappa shape index (κ2) is 8.84. The van der Waals surface area contributed by atoms with Crippen LogP contribution in [-0.4, -0.2) is 77.8 Å². The lowest BCUT2D eigenvalue weighted by atomic mass is 10.1. The lowest BCUT2D eigenvalue weighted by molar-refractivity contribution is -0.152. The minimum absolute atomic E-state index is 0.0968. The Morgan fingerprint density at radius 2 is 1.73 bits per heavy atom. The Bertz CT molecular complexity index is 1030. The molecule has 0 aromatic heterocycles. The molecular weight excluding hydrogens is 422 g/mol. The van der Waals surface area contributed by atoms with E-state index in [0.717, 1.165) is 35.7 Å². The highest BCUT2D eigenvalue weighted by molar-refractivity contribution is 6.02. The summed E-state index contributed by atoms with van der Waals surface area (Å²) in [5, 5.41) is 3.47. The van der Waals surface area contributed by atoms with Gasteiger partial charge in [-0.15, -0.1) is 0 Å². The first-order valence-electron chi connectivity index (χ1n) is 11.2. The van der Waals surface area contributed by atoms with E-state index in [0.29, 0.717) is 0 Å². The summed E-state index contributed by atoms with van der Waals surface area (Å²) in [6, 6.07) is 18.3. The topological polar surface area (TPSA) is 85.4 Å². The van der Waals surface area contributed by atoms with Crippen LogP contribution in [0, 0.1) is 0 Å². The van der Waals surface area contributed by atoms with Gasteiger partial charge in [0.25, 0.3) is 5.91 Å². The van der Waals surface area contributed by atoms with Crippen LogP contribution in [0.2, 0.25) is 0 Å². The van der Waals surface area contributed by atoms with E-state index in [4.69, 9.17) is 4.74 Å². The van der Waals surface area contributed by atoms with Crippen LogP contribution >= 0.6 is 0 Å². The molecule has 0 bridgehead atoms. The molecule has 3 unspecified atom stereocenters. The molecule has 0 spiro atoms. The van der Waals surface area contributed by atoms with Gasteiger partial charge >= 0.3 is 12.0 Å². The summed E-state index contributed by atoms with van der Waals surface area (Å²) in [7, 11) is 1.66. The lowest BCUT2D eigenvalue weighted by Gasteiger charge is -2.43. The van der Waals surface area contributed by atoms with Crippen LogP contribution in [0.4, 0.5) is 10.5 Å². The van der Waals surface area contributed by atoms with E-state index in [2.05, 4.69) is 15.1 Å². The molecule has 3 aliphatic rings. The summed E-state index contributed by atoms with van der Waals surface area (Å²) in [5.74, 6) is -0.982. The second-order valence-corrected chi connectivity index (χ2v) is 8.51. The number of rotatable bonds is 5. The molecule has 9 heteroatoms. The standard InChI is InChI=1S/C24H27N5O4/c1-26-21-20(28-14-8-13-27(23(28)25-21)18-11-6-3-7-12-18)22(31)29(24(26)32)15-19(30)33-16-17-9-4-2-5-10-17/h2-7,9-12,20-21,23,25H,8,13-16H2,1H3. The van der Waals surface area contributed by atoms with E-state index in [1.165, 1.54) is 4.90 Å². The first kappa shape index (κ1) is 21.4. The van der Waals surface area contributed by atoms with Crippen LogP contribution in [0.1, 0.15) is 12.0 Å². The molecule has 0 radical (unpaired) electrons. The number of anilines is 1. The highest BCUT2D eigenvalue weighted by Gasteiger charge is 2.56. The molecule has 1 N–H and O–H groups in total. The number of ether oxygens (including phenoxy) is 1. The van der Waals surface area contributed by atoms with Gasteiger partial charge in [-0.05, 0) is 24.1 Å². The number of esters is 1. The SMILES string of the molecule is CN1C(=O)N(CC(=O)OCc2ccccc2)C(=O)C2C1NC1N(c3ccccc3)CCCN21. The van der Waals surface area contributed by atoms with E-state index in [9.17, 15) is 14.4 Å². The van der Waals surface area contributed by atoms with Crippen molar-refractivity contribution in [3.05, 3.63) is 66.2 Å². The number of imide groups is 1. The van der Waals surface area contributed by atoms with Crippen molar-refractivity contribution < 1.29 is 19.1 Å². The van der Waals surface area contributed by atoms with Gasteiger partial charge in [-0.2, -0.15) is 0 Å². The maximum absolute atomic E-state index is 13.4.